The second-order valence-corrected chi connectivity index (χ2v) is 5.36. The van der Waals surface area contributed by atoms with Crippen LogP contribution in [0.4, 0.5) is 0 Å². The van der Waals surface area contributed by atoms with Crippen molar-refractivity contribution >= 4 is 5.78 Å². The molecule has 0 aliphatic heterocycles. The Kier molecular flexibility index (Phi) is 2.82. The van der Waals surface area contributed by atoms with Crippen LogP contribution < -0.4 is 0 Å². The van der Waals surface area contributed by atoms with Gasteiger partial charge in [0.15, 0.2) is 0 Å². The number of aromatic nitrogens is 4. The van der Waals surface area contributed by atoms with E-state index in [2.05, 4.69) is 51.0 Å². The largest absolute Gasteiger partial charge is 0.311 e. The Hall–Kier alpha value is -2.88. The summed E-state index contributed by atoms with van der Waals surface area (Å²) in [6.45, 7) is 1.92. The summed E-state index contributed by atoms with van der Waals surface area (Å²) < 4.78 is 4.05. The van der Waals surface area contributed by atoms with Gasteiger partial charge >= 0.3 is 0 Å². The van der Waals surface area contributed by atoms with E-state index in [-0.39, 0.29) is 0 Å². The van der Waals surface area contributed by atoms with Gasteiger partial charge in [0, 0.05) is 18.2 Å². The number of aryl methyl sites for hydroxylation is 2. The average molecular weight is 288 g/mol. The highest BCUT2D eigenvalue weighted by Crippen LogP contribution is 2.33. The summed E-state index contributed by atoms with van der Waals surface area (Å²) in [5.74, 6) is 1.64. The van der Waals surface area contributed by atoms with Crippen molar-refractivity contribution in [2.75, 3.05) is 0 Å². The lowest BCUT2D eigenvalue weighted by atomic mass is 10.0. The molecule has 0 saturated heterocycles. The van der Waals surface area contributed by atoms with Gasteiger partial charge in [-0.05, 0) is 6.92 Å². The first-order valence-electron chi connectivity index (χ1n) is 7.28. The van der Waals surface area contributed by atoms with Gasteiger partial charge in [-0.3, -0.25) is 0 Å². The van der Waals surface area contributed by atoms with E-state index < -0.39 is 0 Å². The van der Waals surface area contributed by atoms with E-state index >= 15 is 0 Å². The number of imidazole rings is 1. The molecular formula is C18H16N4. The molecule has 2 aromatic heterocycles. The lowest BCUT2D eigenvalue weighted by Crippen LogP contribution is -1.94. The van der Waals surface area contributed by atoms with Crippen LogP contribution in [-0.4, -0.2) is 19.2 Å². The first-order valence-corrected chi connectivity index (χ1v) is 7.28. The van der Waals surface area contributed by atoms with Crippen LogP contribution >= 0.6 is 0 Å². The van der Waals surface area contributed by atoms with Crippen LogP contribution in [0.5, 0.6) is 0 Å². The summed E-state index contributed by atoms with van der Waals surface area (Å²) in [4.78, 5) is 4.56. The van der Waals surface area contributed by atoms with Gasteiger partial charge in [0.1, 0.15) is 11.5 Å². The predicted molar refractivity (Wildman–Crippen MR) is 87.6 cm³/mol. The van der Waals surface area contributed by atoms with Crippen molar-refractivity contribution < 1.29 is 0 Å². The maximum atomic E-state index is 4.58. The predicted octanol–water partition coefficient (Wildman–Crippen LogP) is 3.71. The third-order valence-electron chi connectivity index (χ3n) is 3.86. The van der Waals surface area contributed by atoms with Crippen LogP contribution in [0.2, 0.25) is 0 Å². The van der Waals surface area contributed by atoms with E-state index in [1.165, 1.54) is 0 Å². The fourth-order valence-electron chi connectivity index (χ4n) is 2.91. The number of nitrogens with zero attached hydrogens (tertiary/aromatic N) is 4. The van der Waals surface area contributed by atoms with Crippen LogP contribution in [0, 0.1) is 6.92 Å². The Bertz CT molecular complexity index is 934. The zero-order valence-corrected chi connectivity index (χ0v) is 12.6. The molecule has 108 valence electrons. The third kappa shape index (κ3) is 1.84. The van der Waals surface area contributed by atoms with Crippen molar-refractivity contribution in [2.24, 2.45) is 7.05 Å². The highest BCUT2D eigenvalue weighted by Gasteiger charge is 2.20. The van der Waals surface area contributed by atoms with Gasteiger partial charge in [-0.25, -0.2) is 0 Å². The Morgan fingerprint density at radius 2 is 1.32 bits per heavy atom. The lowest BCUT2D eigenvalue weighted by molar-refractivity contribution is 0.920. The van der Waals surface area contributed by atoms with Gasteiger partial charge in [0.2, 0.25) is 5.78 Å². The molecule has 4 nitrogen and oxygen atoms in total. The molecular weight excluding hydrogens is 272 g/mol. The zero-order chi connectivity index (χ0) is 15.1. The average Bonchev–Trinajstić information content (AvgIpc) is 3.05. The summed E-state index contributed by atoms with van der Waals surface area (Å²) in [6.07, 6.45) is 0. The zero-order valence-electron chi connectivity index (χ0n) is 12.6. The Labute approximate surface area is 128 Å². The molecule has 0 amide bonds. The van der Waals surface area contributed by atoms with Crippen LogP contribution in [-0.2, 0) is 7.05 Å². The maximum Gasteiger partial charge on any atom is 0.233 e. The van der Waals surface area contributed by atoms with Crippen molar-refractivity contribution in [3.05, 3.63) is 66.5 Å². The van der Waals surface area contributed by atoms with Crippen LogP contribution in [0.15, 0.2) is 60.7 Å². The van der Waals surface area contributed by atoms with Gasteiger partial charge in [-0.15, -0.1) is 5.10 Å². The maximum absolute atomic E-state index is 4.58. The molecule has 0 radical (unpaired) electrons. The van der Waals surface area contributed by atoms with E-state index in [1.54, 1.807) is 0 Å². The van der Waals surface area contributed by atoms with E-state index in [4.69, 9.17) is 0 Å². The van der Waals surface area contributed by atoms with Crippen molar-refractivity contribution in [2.45, 2.75) is 6.92 Å². The molecule has 0 aliphatic carbocycles. The van der Waals surface area contributed by atoms with Gasteiger partial charge < -0.3 is 4.57 Å². The van der Waals surface area contributed by atoms with E-state index in [0.29, 0.717) is 0 Å². The van der Waals surface area contributed by atoms with Crippen LogP contribution in [0.1, 0.15) is 5.82 Å². The first-order chi connectivity index (χ1) is 10.8. The van der Waals surface area contributed by atoms with Gasteiger partial charge in [-0.1, -0.05) is 60.7 Å². The SMILES string of the molecule is Cc1nc2n(C)c(-c3ccccc3)c(-c3ccccc3)n2n1. The minimum absolute atomic E-state index is 0.780. The molecule has 4 heteroatoms. The minimum Gasteiger partial charge on any atom is -0.311 e. The van der Waals surface area contributed by atoms with Gasteiger partial charge in [0.25, 0.3) is 0 Å². The van der Waals surface area contributed by atoms with E-state index in [1.807, 2.05) is 42.8 Å². The smallest absolute Gasteiger partial charge is 0.233 e. The fraction of sp³-hybridized carbons (Fsp3) is 0.111. The molecule has 0 unspecified atom stereocenters. The molecule has 0 spiro atoms. The molecule has 4 rings (SSSR count). The molecule has 22 heavy (non-hydrogen) atoms. The van der Waals surface area contributed by atoms with Gasteiger partial charge in [0.05, 0.1) is 5.69 Å². The van der Waals surface area contributed by atoms with Gasteiger partial charge in [-0.2, -0.15) is 9.50 Å². The minimum atomic E-state index is 0.780. The Morgan fingerprint density at radius 3 is 1.91 bits per heavy atom. The number of benzene rings is 2. The fourth-order valence-corrected chi connectivity index (χ4v) is 2.91. The molecule has 0 aliphatic rings. The molecule has 0 N–H and O–H groups in total. The topological polar surface area (TPSA) is 35.1 Å². The molecule has 0 saturated carbocycles. The second kappa shape index (κ2) is 4.84. The molecule has 0 atom stereocenters. The van der Waals surface area contributed by atoms with Crippen molar-refractivity contribution in [1.29, 1.82) is 0 Å². The molecule has 2 heterocycles. The summed E-state index contributed by atoms with van der Waals surface area (Å²) in [7, 11) is 2.04. The van der Waals surface area contributed by atoms with Crippen molar-refractivity contribution in [3.63, 3.8) is 0 Å². The van der Waals surface area contributed by atoms with Crippen LogP contribution in [0.25, 0.3) is 28.3 Å². The van der Waals surface area contributed by atoms with Crippen molar-refractivity contribution in [1.82, 2.24) is 19.2 Å². The number of hydrogen-bond donors (Lipinski definition) is 0. The Morgan fingerprint density at radius 1 is 0.773 bits per heavy atom. The summed E-state index contributed by atoms with van der Waals surface area (Å²) in [5, 5.41) is 4.58. The quantitative estimate of drug-likeness (QED) is 0.563. The molecule has 0 fully saturated rings. The number of rotatable bonds is 2. The summed E-state index contributed by atoms with van der Waals surface area (Å²) >= 11 is 0. The second-order valence-electron chi connectivity index (χ2n) is 5.36. The van der Waals surface area contributed by atoms with E-state index in [0.717, 1.165) is 34.1 Å². The number of fused-ring (bicyclic) bond motifs is 1. The highest BCUT2D eigenvalue weighted by atomic mass is 15.4. The third-order valence-corrected chi connectivity index (χ3v) is 3.86. The normalized spacial score (nSPS) is 11.2. The first kappa shape index (κ1) is 12.8. The monoisotopic (exact) mass is 288 g/mol. The highest BCUT2D eigenvalue weighted by molar-refractivity contribution is 5.81. The summed E-state index contributed by atoms with van der Waals surface area (Å²) in [6, 6.07) is 20.7. The number of hydrogen-bond acceptors (Lipinski definition) is 2. The summed E-state index contributed by atoms with van der Waals surface area (Å²) in [5.41, 5.74) is 4.50. The molecule has 4 aromatic rings. The van der Waals surface area contributed by atoms with Crippen LogP contribution in [0.3, 0.4) is 0 Å². The molecule has 2 aromatic carbocycles. The van der Waals surface area contributed by atoms with Crippen molar-refractivity contribution in [3.8, 4) is 22.5 Å². The lowest BCUT2D eigenvalue weighted by Gasteiger charge is -2.07. The molecule has 0 bridgehead atoms. The standard InChI is InChI=1S/C18H16N4/c1-13-19-18-21(2)16(14-9-5-3-6-10-14)17(22(18)20-13)15-11-7-4-8-12-15/h3-12H,1-2H3. The Balaban J connectivity index is 2.12. The van der Waals surface area contributed by atoms with E-state index in [9.17, 15) is 0 Å².